The molecule has 5 heteroatoms. The van der Waals surface area contributed by atoms with Crippen LogP contribution in [0.15, 0.2) is 6.33 Å². The molecular weight excluding hydrogens is 185 g/mol. The first-order valence-corrected chi connectivity index (χ1v) is 3.72. The van der Waals surface area contributed by atoms with Gasteiger partial charge in [-0.15, -0.1) is 24.0 Å². The average Bonchev–Trinajstić information content (AvgIpc) is 2.34. The fourth-order valence-electron chi connectivity index (χ4n) is 0.631. The minimum Gasteiger partial charge on any atom is -0.238 e. The lowest BCUT2D eigenvalue weighted by molar-refractivity contribution is 0.696. The standard InChI is InChI=1S/C6H10ClN3.ClH/c1-5(2)6-8-4-10(3-7)9-6;/h4-5H,3H2,1-2H3;1H. The zero-order valence-electron chi connectivity index (χ0n) is 6.49. The van der Waals surface area contributed by atoms with Crippen LogP contribution in [0.1, 0.15) is 25.6 Å². The van der Waals surface area contributed by atoms with Crippen LogP contribution in [0, 0.1) is 0 Å². The fraction of sp³-hybridized carbons (Fsp3) is 0.667. The first-order chi connectivity index (χ1) is 4.74. The summed E-state index contributed by atoms with van der Waals surface area (Å²) in [6.45, 7) is 4.10. The van der Waals surface area contributed by atoms with Gasteiger partial charge in [0.25, 0.3) is 0 Å². The van der Waals surface area contributed by atoms with E-state index < -0.39 is 0 Å². The Morgan fingerprint density at radius 1 is 1.64 bits per heavy atom. The highest BCUT2D eigenvalue weighted by Gasteiger charge is 2.03. The van der Waals surface area contributed by atoms with Crippen LogP contribution in [0.25, 0.3) is 0 Å². The predicted molar refractivity (Wildman–Crippen MR) is 47.2 cm³/mol. The molecule has 0 spiro atoms. The third kappa shape index (κ3) is 2.67. The van der Waals surface area contributed by atoms with Crippen LogP contribution in [-0.4, -0.2) is 14.8 Å². The van der Waals surface area contributed by atoms with E-state index in [1.54, 1.807) is 11.0 Å². The quantitative estimate of drug-likeness (QED) is 0.677. The molecule has 1 rings (SSSR count). The molecule has 3 nitrogen and oxygen atoms in total. The summed E-state index contributed by atoms with van der Waals surface area (Å²) in [5, 5.41) is 4.10. The van der Waals surface area contributed by atoms with Crippen molar-refractivity contribution in [1.82, 2.24) is 14.8 Å². The molecule has 0 atom stereocenters. The summed E-state index contributed by atoms with van der Waals surface area (Å²) in [5.41, 5.74) is 0. The van der Waals surface area contributed by atoms with E-state index in [1.165, 1.54) is 0 Å². The SMILES string of the molecule is CC(C)c1ncn(CCl)n1.Cl. The smallest absolute Gasteiger partial charge is 0.153 e. The Morgan fingerprint density at radius 2 is 2.27 bits per heavy atom. The Kier molecular flexibility index (Phi) is 4.45. The van der Waals surface area contributed by atoms with Gasteiger partial charge in [-0.05, 0) is 0 Å². The highest BCUT2D eigenvalue weighted by molar-refractivity contribution is 6.15. The number of hydrogen-bond donors (Lipinski definition) is 0. The van der Waals surface area contributed by atoms with Gasteiger partial charge in [0.15, 0.2) is 5.82 Å². The van der Waals surface area contributed by atoms with Crippen molar-refractivity contribution in [2.45, 2.75) is 25.8 Å². The largest absolute Gasteiger partial charge is 0.238 e. The zero-order valence-corrected chi connectivity index (χ0v) is 8.06. The van der Waals surface area contributed by atoms with E-state index in [1.807, 2.05) is 13.8 Å². The third-order valence-electron chi connectivity index (χ3n) is 1.19. The number of rotatable bonds is 2. The van der Waals surface area contributed by atoms with Gasteiger partial charge in [0.05, 0.1) is 0 Å². The second-order valence-corrected chi connectivity index (χ2v) is 2.66. The monoisotopic (exact) mass is 195 g/mol. The summed E-state index contributed by atoms with van der Waals surface area (Å²) >= 11 is 5.51. The Bertz CT molecular complexity index is 209. The van der Waals surface area contributed by atoms with Gasteiger partial charge >= 0.3 is 0 Å². The zero-order chi connectivity index (χ0) is 7.56. The van der Waals surface area contributed by atoms with Crippen LogP contribution in [0.5, 0.6) is 0 Å². The lowest BCUT2D eigenvalue weighted by Crippen LogP contribution is -1.95. The van der Waals surface area contributed by atoms with Gasteiger partial charge in [-0.2, -0.15) is 5.10 Å². The summed E-state index contributed by atoms with van der Waals surface area (Å²) in [7, 11) is 0. The van der Waals surface area contributed by atoms with Crippen LogP contribution in [0.4, 0.5) is 0 Å². The van der Waals surface area contributed by atoms with Gasteiger partial charge < -0.3 is 0 Å². The second-order valence-electron chi connectivity index (χ2n) is 2.42. The minimum absolute atomic E-state index is 0. The molecule has 0 unspecified atom stereocenters. The Hall–Kier alpha value is -0.280. The first kappa shape index (κ1) is 10.7. The normalized spacial score (nSPS) is 9.82. The van der Waals surface area contributed by atoms with Crippen molar-refractivity contribution in [1.29, 1.82) is 0 Å². The lowest BCUT2D eigenvalue weighted by Gasteiger charge is -1.94. The fourth-order valence-corrected chi connectivity index (χ4v) is 0.746. The molecule has 0 bridgehead atoms. The number of nitrogens with zero attached hydrogens (tertiary/aromatic N) is 3. The molecule has 0 aliphatic heterocycles. The van der Waals surface area contributed by atoms with E-state index in [2.05, 4.69) is 10.1 Å². The van der Waals surface area contributed by atoms with Gasteiger partial charge in [-0.1, -0.05) is 13.8 Å². The second kappa shape index (κ2) is 4.57. The molecule has 0 fully saturated rings. The van der Waals surface area contributed by atoms with Crippen molar-refractivity contribution in [3.8, 4) is 0 Å². The molecule has 64 valence electrons. The highest BCUT2D eigenvalue weighted by Crippen LogP contribution is 2.06. The van der Waals surface area contributed by atoms with Gasteiger partial charge in [-0.3, -0.25) is 0 Å². The average molecular weight is 196 g/mol. The van der Waals surface area contributed by atoms with Crippen molar-refractivity contribution in [2.24, 2.45) is 0 Å². The van der Waals surface area contributed by atoms with E-state index in [0.29, 0.717) is 11.9 Å². The van der Waals surface area contributed by atoms with Crippen molar-refractivity contribution in [2.75, 3.05) is 0 Å². The van der Waals surface area contributed by atoms with Crippen molar-refractivity contribution in [3.05, 3.63) is 12.2 Å². The molecule has 0 aromatic carbocycles. The van der Waals surface area contributed by atoms with Crippen LogP contribution in [0.3, 0.4) is 0 Å². The van der Waals surface area contributed by atoms with Gasteiger partial charge in [0.1, 0.15) is 12.3 Å². The van der Waals surface area contributed by atoms with Gasteiger partial charge in [0, 0.05) is 5.92 Å². The number of aromatic nitrogens is 3. The predicted octanol–water partition coefficient (Wildman–Crippen LogP) is 2.02. The maximum absolute atomic E-state index is 5.51. The molecule has 1 aromatic rings. The Labute approximate surface area is 77.2 Å². The Morgan fingerprint density at radius 3 is 2.55 bits per heavy atom. The van der Waals surface area contributed by atoms with Crippen LogP contribution in [0.2, 0.25) is 0 Å². The number of hydrogen-bond acceptors (Lipinski definition) is 2. The summed E-state index contributed by atoms with van der Waals surface area (Å²) < 4.78 is 1.61. The van der Waals surface area contributed by atoms with Crippen LogP contribution >= 0.6 is 24.0 Å². The lowest BCUT2D eigenvalue weighted by atomic mass is 10.2. The summed E-state index contributed by atoms with van der Waals surface area (Å²) in [4.78, 5) is 4.05. The van der Waals surface area contributed by atoms with Crippen molar-refractivity contribution >= 4 is 24.0 Å². The van der Waals surface area contributed by atoms with Gasteiger partial charge in [0.2, 0.25) is 0 Å². The maximum Gasteiger partial charge on any atom is 0.153 e. The molecule has 0 radical (unpaired) electrons. The molecule has 11 heavy (non-hydrogen) atoms. The molecule has 0 aliphatic rings. The summed E-state index contributed by atoms with van der Waals surface area (Å²) in [6.07, 6.45) is 1.64. The minimum atomic E-state index is 0. The van der Waals surface area contributed by atoms with E-state index in [0.717, 1.165) is 5.82 Å². The molecule has 0 N–H and O–H groups in total. The first-order valence-electron chi connectivity index (χ1n) is 3.19. The van der Waals surface area contributed by atoms with E-state index in [4.69, 9.17) is 11.6 Å². The van der Waals surface area contributed by atoms with Crippen LogP contribution < -0.4 is 0 Å². The Balaban J connectivity index is 0.000001000. The third-order valence-corrected chi connectivity index (χ3v) is 1.44. The maximum atomic E-state index is 5.51. The van der Waals surface area contributed by atoms with Crippen molar-refractivity contribution < 1.29 is 0 Å². The van der Waals surface area contributed by atoms with Gasteiger partial charge in [-0.25, -0.2) is 9.67 Å². The molecule has 0 amide bonds. The summed E-state index contributed by atoms with van der Waals surface area (Å²) in [5.74, 6) is 1.23. The molecule has 0 aliphatic carbocycles. The number of alkyl halides is 1. The van der Waals surface area contributed by atoms with Crippen LogP contribution in [-0.2, 0) is 6.00 Å². The van der Waals surface area contributed by atoms with E-state index >= 15 is 0 Å². The number of halogens is 2. The molecule has 1 aromatic heterocycles. The molecule has 1 heterocycles. The topological polar surface area (TPSA) is 30.7 Å². The molecule has 0 saturated carbocycles. The molecular formula is C6H11Cl2N3. The van der Waals surface area contributed by atoms with E-state index in [9.17, 15) is 0 Å². The summed E-state index contributed by atoms with van der Waals surface area (Å²) in [6, 6.07) is 0.375. The van der Waals surface area contributed by atoms with E-state index in [-0.39, 0.29) is 12.4 Å². The molecule has 0 saturated heterocycles. The van der Waals surface area contributed by atoms with Crippen molar-refractivity contribution in [3.63, 3.8) is 0 Å². The highest BCUT2D eigenvalue weighted by atomic mass is 35.5.